The molecule has 0 aliphatic heterocycles. The number of hydrogen-bond acceptors (Lipinski definition) is 4. The van der Waals surface area contributed by atoms with Gasteiger partial charge in [-0.3, -0.25) is 0 Å². The van der Waals surface area contributed by atoms with Crippen LogP contribution in [0.1, 0.15) is 5.69 Å². The predicted octanol–water partition coefficient (Wildman–Crippen LogP) is 6.13. The van der Waals surface area contributed by atoms with Crippen LogP contribution in [0.15, 0.2) is 72.9 Å². The monoisotopic (exact) mass is 426 g/mol. The number of alkyl halides is 3. The van der Waals surface area contributed by atoms with E-state index >= 15 is 0 Å². The average molecular weight is 427 g/mol. The quantitative estimate of drug-likeness (QED) is 0.428. The summed E-state index contributed by atoms with van der Waals surface area (Å²) in [6.45, 7) is 0. The molecule has 0 atom stereocenters. The minimum atomic E-state index is -4.61. The molecule has 2 heterocycles. The molecule has 0 saturated carbocycles. The third kappa shape index (κ3) is 4.26. The second-order valence-electron chi connectivity index (χ2n) is 6.52. The van der Waals surface area contributed by atoms with Crippen molar-refractivity contribution < 1.29 is 13.2 Å². The molecule has 2 aromatic carbocycles. The summed E-state index contributed by atoms with van der Waals surface area (Å²) in [6.07, 6.45) is -3.02. The molecule has 150 valence electrons. The van der Waals surface area contributed by atoms with Gasteiger partial charge in [-0.1, -0.05) is 41.9 Å². The van der Waals surface area contributed by atoms with Crippen LogP contribution in [0.25, 0.3) is 33.8 Å². The lowest BCUT2D eigenvalue weighted by Gasteiger charge is -2.12. The molecular formula is C22H14ClF3N4. The lowest BCUT2D eigenvalue weighted by molar-refractivity contribution is -0.141. The van der Waals surface area contributed by atoms with E-state index < -0.39 is 11.9 Å². The van der Waals surface area contributed by atoms with E-state index in [0.29, 0.717) is 22.0 Å². The molecule has 0 amide bonds. The number of nitrogen functional groups attached to an aromatic ring is 1. The SMILES string of the molecule is Nc1ccc(-c2cccc(-c3nc(-c4ccc(Cl)cc4)cc(C(F)(F)F)n3)c2)cn1. The summed E-state index contributed by atoms with van der Waals surface area (Å²) >= 11 is 5.89. The topological polar surface area (TPSA) is 64.7 Å². The first-order chi connectivity index (χ1) is 14.3. The Kier molecular flexibility index (Phi) is 5.13. The summed E-state index contributed by atoms with van der Waals surface area (Å²) in [5.41, 5.74) is 7.25. The second kappa shape index (κ2) is 7.76. The van der Waals surface area contributed by atoms with Gasteiger partial charge in [-0.25, -0.2) is 15.0 Å². The first-order valence-electron chi connectivity index (χ1n) is 8.84. The van der Waals surface area contributed by atoms with Gasteiger partial charge in [0.05, 0.1) is 5.69 Å². The standard InChI is InChI=1S/C22H14ClF3N4/c23-17-7-4-13(5-8-17)18-11-19(22(24,25)26)30-21(29-18)15-3-1-2-14(10-15)16-6-9-20(27)28-12-16/h1-12H,(H2,27,28). The molecule has 0 spiro atoms. The molecule has 4 nitrogen and oxygen atoms in total. The van der Waals surface area contributed by atoms with Gasteiger partial charge in [0, 0.05) is 27.9 Å². The number of rotatable bonds is 3. The summed E-state index contributed by atoms with van der Waals surface area (Å²) in [5.74, 6) is 0.351. The van der Waals surface area contributed by atoms with Crippen molar-refractivity contribution in [3.8, 4) is 33.8 Å². The van der Waals surface area contributed by atoms with Gasteiger partial charge in [-0.15, -0.1) is 0 Å². The highest BCUT2D eigenvalue weighted by atomic mass is 35.5. The summed E-state index contributed by atoms with van der Waals surface area (Å²) in [7, 11) is 0. The average Bonchev–Trinajstić information content (AvgIpc) is 2.74. The molecule has 0 saturated heterocycles. The van der Waals surface area contributed by atoms with Crippen LogP contribution in [0, 0.1) is 0 Å². The van der Waals surface area contributed by atoms with E-state index in [2.05, 4.69) is 15.0 Å². The maximum Gasteiger partial charge on any atom is 0.433 e. The van der Waals surface area contributed by atoms with Crippen molar-refractivity contribution in [2.24, 2.45) is 0 Å². The normalized spacial score (nSPS) is 11.5. The minimum Gasteiger partial charge on any atom is -0.384 e. The molecule has 30 heavy (non-hydrogen) atoms. The Labute approximate surface area is 175 Å². The summed E-state index contributed by atoms with van der Waals surface area (Å²) in [6, 6.07) is 17.7. The van der Waals surface area contributed by atoms with Crippen LogP contribution in [0.3, 0.4) is 0 Å². The van der Waals surface area contributed by atoms with Crippen LogP contribution in [0.4, 0.5) is 19.0 Å². The lowest BCUT2D eigenvalue weighted by atomic mass is 10.0. The van der Waals surface area contributed by atoms with E-state index in [1.807, 2.05) is 6.07 Å². The fraction of sp³-hybridized carbons (Fsp3) is 0.0455. The van der Waals surface area contributed by atoms with E-state index in [-0.39, 0.29) is 11.5 Å². The van der Waals surface area contributed by atoms with Gasteiger partial charge in [0.25, 0.3) is 0 Å². The molecule has 4 rings (SSSR count). The first kappa shape index (κ1) is 19.8. The number of pyridine rings is 1. The predicted molar refractivity (Wildman–Crippen MR) is 111 cm³/mol. The molecule has 2 N–H and O–H groups in total. The highest BCUT2D eigenvalue weighted by Crippen LogP contribution is 2.33. The minimum absolute atomic E-state index is 0.0278. The highest BCUT2D eigenvalue weighted by molar-refractivity contribution is 6.30. The molecule has 0 radical (unpaired) electrons. The highest BCUT2D eigenvalue weighted by Gasteiger charge is 2.34. The molecule has 4 aromatic rings. The van der Waals surface area contributed by atoms with Gasteiger partial charge in [-0.05, 0) is 42.0 Å². The van der Waals surface area contributed by atoms with E-state index in [9.17, 15) is 13.2 Å². The van der Waals surface area contributed by atoms with Crippen molar-refractivity contribution in [1.82, 2.24) is 15.0 Å². The van der Waals surface area contributed by atoms with Crippen LogP contribution in [-0.4, -0.2) is 15.0 Å². The number of nitrogens with zero attached hydrogens (tertiary/aromatic N) is 3. The zero-order chi connectivity index (χ0) is 21.3. The van der Waals surface area contributed by atoms with Crippen molar-refractivity contribution in [3.63, 3.8) is 0 Å². The Morgan fingerprint density at radius 3 is 2.13 bits per heavy atom. The smallest absolute Gasteiger partial charge is 0.384 e. The van der Waals surface area contributed by atoms with Crippen molar-refractivity contribution in [2.75, 3.05) is 5.73 Å². The zero-order valence-electron chi connectivity index (χ0n) is 15.4. The molecule has 0 aliphatic rings. The van der Waals surface area contributed by atoms with Gasteiger partial charge < -0.3 is 5.73 Å². The zero-order valence-corrected chi connectivity index (χ0v) is 16.1. The van der Waals surface area contributed by atoms with E-state index in [1.165, 1.54) is 0 Å². The molecular weight excluding hydrogens is 413 g/mol. The van der Waals surface area contributed by atoms with Crippen LogP contribution in [0.5, 0.6) is 0 Å². The third-order valence-electron chi connectivity index (χ3n) is 4.40. The van der Waals surface area contributed by atoms with Gasteiger partial charge in [0.15, 0.2) is 5.82 Å². The van der Waals surface area contributed by atoms with E-state index in [0.717, 1.165) is 17.2 Å². The third-order valence-corrected chi connectivity index (χ3v) is 4.65. The second-order valence-corrected chi connectivity index (χ2v) is 6.96. The number of benzene rings is 2. The fourth-order valence-corrected chi connectivity index (χ4v) is 3.03. The molecule has 0 aliphatic carbocycles. The van der Waals surface area contributed by atoms with Crippen LogP contribution in [-0.2, 0) is 6.18 Å². The number of hydrogen-bond donors (Lipinski definition) is 1. The van der Waals surface area contributed by atoms with Crippen molar-refractivity contribution in [3.05, 3.63) is 83.6 Å². The summed E-state index contributed by atoms with van der Waals surface area (Å²) in [5, 5.41) is 0.480. The molecule has 0 bridgehead atoms. The van der Waals surface area contributed by atoms with Crippen LogP contribution in [0.2, 0.25) is 5.02 Å². The van der Waals surface area contributed by atoms with Gasteiger partial charge in [0.2, 0.25) is 0 Å². The van der Waals surface area contributed by atoms with Crippen LogP contribution < -0.4 is 5.73 Å². The number of nitrogens with two attached hydrogens (primary N) is 1. The Hall–Kier alpha value is -3.45. The Morgan fingerprint density at radius 2 is 1.47 bits per heavy atom. The van der Waals surface area contributed by atoms with Gasteiger partial charge >= 0.3 is 6.18 Å². The number of aromatic nitrogens is 3. The Balaban J connectivity index is 1.84. The largest absolute Gasteiger partial charge is 0.433 e. The maximum atomic E-state index is 13.5. The first-order valence-corrected chi connectivity index (χ1v) is 9.22. The number of halogens is 4. The van der Waals surface area contributed by atoms with Crippen molar-refractivity contribution in [1.29, 1.82) is 0 Å². The van der Waals surface area contributed by atoms with Gasteiger partial charge in [0.1, 0.15) is 11.5 Å². The fourth-order valence-electron chi connectivity index (χ4n) is 2.90. The lowest BCUT2D eigenvalue weighted by Crippen LogP contribution is -2.10. The molecule has 2 aromatic heterocycles. The Morgan fingerprint density at radius 1 is 0.767 bits per heavy atom. The maximum absolute atomic E-state index is 13.5. The molecule has 8 heteroatoms. The van der Waals surface area contributed by atoms with Crippen molar-refractivity contribution in [2.45, 2.75) is 6.18 Å². The summed E-state index contributed by atoms with van der Waals surface area (Å²) < 4.78 is 40.5. The van der Waals surface area contributed by atoms with Crippen LogP contribution >= 0.6 is 11.6 Å². The van der Waals surface area contributed by atoms with E-state index in [4.69, 9.17) is 17.3 Å². The molecule has 0 unspecified atom stereocenters. The number of anilines is 1. The van der Waals surface area contributed by atoms with Gasteiger partial charge in [-0.2, -0.15) is 13.2 Å². The molecule has 0 fully saturated rings. The Bertz CT molecular complexity index is 1190. The van der Waals surface area contributed by atoms with E-state index in [1.54, 1.807) is 60.8 Å². The van der Waals surface area contributed by atoms with Crippen molar-refractivity contribution >= 4 is 17.4 Å². The summed E-state index contributed by atoms with van der Waals surface area (Å²) in [4.78, 5) is 12.2.